The van der Waals surface area contributed by atoms with Crippen molar-refractivity contribution >= 4 is 11.6 Å². The van der Waals surface area contributed by atoms with Gasteiger partial charge in [0.15, 0.2) is 5.82 Å². The van der Waals surface area contributed by atoms with E-state index in [1.54, 1.807) is 24.8 Å². The van der Waals surface area contributed by atoms with Gasteiger partial charge in [0.05, 0.1) is 23.8 Å². The van der Waals surface area contributed by atoms with Gasteiger partial charge in [0.2, 0.25) is 5.95 Å². The van der Waals surface area contributed by atoms with Gasteiger partial charge >= 0.3 is 0 Å². The third-order valence-electron chi connectivity index (χ3n) is 4.44. The average Bonchev–Trinajstić information content (AvgIpc) is 3.35. The number of imidazole rings is 2. The Kier molecular flexibility index (Phi) is 5.15. The maximum absolute atomic E-state index is 12.7. The second-order valence-electron chi connectivity index (χ2n) is 6.61. The van der Waals surface area contributed by atoms with E-state index in [9.17, 15) is 4.79 Å². The van der Waals surface area contributed by atoms with E-state index in [2.05, 4.69) is 25.3 Å². The lowest BCUT2D eigenvalue weighted by Gasteiger charge is -2.09. The van der Waals surface area contributed by atoms with Gasteiger partial charge in [-0.15, -0.1) is 0 Å². The first-order chi connectivity index (χ1) is 14.1. The summed E-state index contributed by atoms with van der Waals surface area (Å²) < 4.78 is 3.66. The number of aryl methyl sites for hydroxylation is 2. The van der Waals surface area contributed by atoms with Crippen LogP contribution in [0.1, 0.15) is 34.6 Å². The van der Waals surface area contributed by atoms with Crippen LogP contribution in [0.25, 0.3) is 5.95 Å². The molecule has 3 heterocycles. The highest BCUT2D eigenvalue weighted by Gasteiger charge is 2.14. The summed E-state index contributed by atoms with van der Waals surface area (Å²) in [4.78, 5) is 30.1. The summed E-state index contributed by atoms with van der Waals surface area (Å²) in [5.74, 6) is 1.43. The van der Waals surface area contributed by atoms with E-state index in [0.29, 0.717) is 24.0 Å². The highest BCUT2D eigenvalue weighted by Crippen LogP contribution is 2.12. The molecule has 1 N–H and O–H groups in total. The number of nitrogens with zero attached hydrogens (tertiary/aromatic N) is 6. The number of anilines is 1. The van der Waals surface area contributed by atoms with Crippen LogP contribution >= 0.6 is 0 Å². The number of carbonyl (C=O) groups excluding carboxylic acids is 1. The van der Waals surface area contributed by atoms with Crippen LogP contribution in [0.4, 0.5) is 5.69 Å². The molecule has 4 aromatic rings. The zero-order valence-corrected chi connectivity index (χ0v) is 16.3. The van der Waals surface area contributed by atoms with Gasteiger partial charge in [0, 0.05) is 31.6 Å². The molecule has 4 rings (SSSR count). The van der Waals surface area contributed by atoms with E-state index in [1.165, 1.54) is 0 Å². The van der Waals surface area contributed by atoms with E-state index in [4.69, 9.17) is 0 Å². The first-order valence-corrected chi connectivity index (χ1v) is 9.37. The number of amides is 1. The van der Waals surface area contributed by atoms with Gasteiger partial charge in [-0.3, -0.25) is 9.36 Å². The molecular formula is C21H21N7O. The summed E-state index contributed by atoms with van der Waals surface area (Å²) in [6, 6.07) is 9.92. The molecule has 0 atom stereocenters. The van der Waals surface area contributed by atoms with E-state index >= 15 is 0 Å². The van der Waals surface area contributed by atoms with Crippen LogP contribution in [0.3, 0.4) is 0 Å². The van der Waals surface area contributed by atoms with Gasteiger partial charge in [-0.2, -0.15) is 0 Å². The molecule has 0 aliphatic carbocycles. The molecule has 8 nitrogen and oxygen atoms in total. The van der Waals surface area contributed by atoms with Gasteiger partial charge in [-0.25, -0.2) is 19.9 Å². The van der Waals surface area contributed by atoms with Gasteiger partial charge in [0.1, 0.15) is 5.82 Å². The van der Waals surface area contributed by atoms with Crippen molar-refractivity contribution in [3.8, 4) is 5.95 Å². The van der Waals surface area contributed by atoms with Crippen LogP contribution in [0.2, 0.25) is 0 Å². The predicted molar refractivity (Wildman–Crippen MR) is 109 cm³/mol. The Bertz CT molecular complexity index is 1110. The van der Waals surface area contributed by atoms with Crippen molar-refractivity contribution < 1.29 is 4.79 Å². The molecule has 0 saturated carbocycles. The molecule has 0 unspecified atom stereocenters. The number of carbonyl (C=O) groups is 1. The molecule has 0 bridgehead atoms. The standard InChI is InChI=1S/C21H21N7O/c1-3-18-25-15(2)13-28(18)21-23-11-17(12-24-21)26-20(29)19-22-9-10-27(19)14-16-7-5-4-6-8-16/h4-13H,3,14H2,1-2H3,(H,26,29). The number of hydrogen-bond donors (Lipinski definition) is 1. The first kappa shape index (κ1) is 18.5. The van der Waals surface area contributed by atoms with Crippen molar-refractivity contribution in [2.75, 3.05) is 5.32 Å². The molecule has 146 valence electrons. The first-order valence-electron chi connectivity index (χ1n) is 9.37. The molecular weight excluding hydrogens is 366 g/mol. The van der Waals surface area contributed by atoms with E-state index < -0.39 is 0 Å². The SMILES string of the molecule is CCc1nc(C)cn1-c1ncc(NC(=O)c2nccn2Cc2ccccc2)cn1. The normalized spacial score (nSPS) is 10.8. The summed E-state index contributed by atoms with van der Waals surface area (Å²) in [6.45, 7) is 4.53. The Morgan fingerprint density at radius 2 is 1.86 bits per heavy atom. The lowest BCUT2D eigenvalue weighted by Crippen LogP contribution is -2.19. The van der Waals surface area contributed by atoms with Crippen LogP contribution in [-0.2, 0) is 13.0 Å². The van der Waals surface area contributed by atoms with E-state index in [-0.39, 0.29) is 5.91 Å². The molecule has 3 aromatic heterocycles. The van der Waals surface area contributed by atoms with Crippen LogP contribution in [-0.4, -0.2) is 35.0 Å². The Hall–Kier alpha value is -3.81. The van der Waals surface area contributed by atoms with Crippen molar-refractivity contribution in [3.63, 3.8) is 0 Å². The number of rotatable bonds is 6. The summed E-state index contributed by atoms with van der Waals surface area (Å²) in [7, 11) is 0. The fraction of sp³-hybridized carbons (Fsp3) is 0.190. The van der Waals surface area contributed by atoms with E-state index in [0.717, 1.165) is 23.5 Å². The molecule has 0 aliphatic heterocycles. The summed E-state index contributed by atoms with van der Waals surface area (Å²) in [5, 5.41) is 2.81. The van der Waals surface area contributed by atoms with Gasteiger partial charge in [0.25, 0.3) is 5.91 Å². The molecule has 0 radical (unpaired) electrons. The molecule has 8 heteroatoms. The minimum absolute atomic E-state index is 0.310. The molecule has 0 spiro atoms. The molecule has 29 heavy (non-hydrogen) atoms. The summed E-state index contributed by atoms with van der Waals surface area (Å²) >= 11 is 0. The Morgan fingerprint density at radius 1 is 1.10 bits per heavy atom. The minimum Gasteiger partial charge on any atom is -0.322 e. The van der Waals surface area contributed by atoms with Crippen LogP contribution < -0.4 is 5.32 Å². The lowest BCUT2D eigenvalue weighted by molar-refractivity contribution is 0.101. The Balaban J connectivity index is 1.49. The molecule has 0 fully saturated rings. The van der Waals surface area contributed by atoms with Crippen molar-refractivity contribution in [1.29, 1.82) is 0 Å². The third kappa shape index (κ3) is 4.06. The van der Waals surface area contributed by atoms with Crippen molar-refractivity contribution in [3.05, 3.63) is 84.2 Å². The molecule has 0 aliphatic rings. The number of aromatic nitrogens is 6. The zero-order valence-electron chi connectivity index (χ0n) is 16.3. The van der Waals surface area contributed by atoms with Gasteiger partial charge in [-0.1, -0.05) is 37.3 Å². The average molecular weight is 387 g/mol. The van der Waals surface area contributed by atoms with Crippen LogP contribution in [0, 0.1) is 6.92 Å². The third-order valence-corrected chi connectivity index (χ3v) is 4.44. The number of nitrogens with one attached hydrogen (secondary N) is 1. The Labute approximate surface area is 168 Å². The maximum Gasteiger partial charge on any atom is 0.291 e. The zero-order chi connectivity index (χ0) is 20.2. The highest BCUT2D eigenvalue weighted by atomic mass is 16.2. The summed E-state index contributed by atoms with van der Waals surface area (Å²) in [5.41, 5.74) is 2.51. The molecule has 0 saturated heterocycles. The van der Waals surface area contributed by atoms with Crippen molar-refractivity contribution in [1.82, 2.24) is 29.1 Å². The monoisotopic (exact) mass is 387 g/mol. The van der Waals surface area contributed by atoms with Crippen LogP contribution in [0.5, 0.6) is 0 Å². The maximum atomic E-state index is 12.7. The second-order valence-corrected chi connectivity index (χ2v) is 6.61. The van der Waals surface area contributed by atoms with Crippen molar-refractivity contribution in [2.45, 2.75) is 26.8 Å². The number of benzene rings is 1. The number of hydrogen-bond acceptors (Lipinski definition) is 5. The molecule has 1 amide bonds. The molecule has 1 aromatic carbocycles. The summed E-state index contributed by atoms with van der Waals surface area (Å²) in [6.07, 6.45) is 9.24. The quantitative estimate of drug-likeness (QED) is 0.549. The second kappa shape index (κ2) is 8.05. The van der Waals surface area contributed by atoms with Crippen molar-refractivity contribution in [2.24, 2.45) is 0 Å². The minimum atomic E-state index is -0.310. The Morgan fingerprint density at radius 3 is 2.59 bits per heavy atom. The topological polar surface area (TPSA) is 90.5 Å². The fourth-order valence-corrected chi connectivity index (χ4v) is 3.09. The lowest BCUT2D eigenvalue weighted by atomic mass is 10.2. The smallest absolute Gasteiger partial charge is 0.291 e. The van der Waals surface area contributed by atoms with Gasteiger partial charge in [-0.05, 0) is 12.5 Å². The van der Waals surface area contributed by atoms with Gasteiger partial charge < -0.3 is 9.88 Å². The van der Waals surface area contributed by atoms with Crippen LogP contribution in [0.15, 0.2) is 61.3 Å². The largest absolute Gasteiger partial charge is 0.322 e. The van der Waals surface area contributed by atoms with E-state index in [1.807, 2.05) is 59.5 Å². The fourth-order valence-electron chi connectivity index (χ4n) is 3.09. The predicted octanol–water partition coefficient (Wildman–Crippen LogP) is 3.03. The highest BCUT2D eigenvalue weighted by molar-refractivity contribution is 6.01.